The number of aliphatic carboxylic acids is 1. The summed E-state index contributed by atoms with van der Waals surface area (Å²) < 4.78 is 5.56. The van der Waals surface area contributed by atoms with Crippen molar-refractivity contribution >= 4 is 17.6 Å². The molecule has 2 aromatic carbocycles. The van der Waals surface area contributed by atoms with Crippen LogP contribution in [0.1, 0.15) is 36.4 Å². The van der Waals surface area contributed by atoms with Gasteiger partial charge in [-0.2, -0.15) is 0 Å². The Morgan fingerprint density at radius 1 is 1.24 bits per heavy atom. The van der Waals surface area contributed by atoms with Crippen LogP contribution in [0.2, 0.25) is 5.02 Å². The number of hydrogen-bond donors (Lipinski definition) is 1. The summed E-state index contributed by atoms with van der Waals surface area (Å²) in [5.74, 6) is -0.0606. The Balaban J connectivity index is 2.14. The number of rotatable bonds is 5. The van der Waals surface area contributed by atoms with Crippen molar-refractivity contribution < 1.29 is 14.6 Å². The molecular weight excluding hydrogens is 338 g/mol. The van der Waals surface area contributed by atoms with Crippen LogP contribution < -0.4 is 4.74 Å². The fourth-order valence-corrected chi connectivity index (χ4v) is 3.81. The number of benzene rings is 2. The van der Waals surface area contributed by atoms with Crippen LogP contribution in [0, 0.1) is 0 Å². The number of carbonyl (C=O) groups is 1. The number of piperidine rings is 1. The Labute approximate surface area is 153 Å². The first-order valence-corrected chi connectivity index (χ1v) is 8.86. The predicted molar refractivity (Wildman–Crippen MR) is 98.3 cm³/mol. The molecule has 0 aliphatic carbocycles. The van der Waals surface area contributed by atoms with E-state index in [9.17, 15) is 9.90 Å². The number of carboxylic acids is 1. The molecule has 0 amide bonds. The monoisotopic (exact) mass is 359 g/mol. The van der Waals surface area contributed by atoms with Crippen LogP contribution in [0.25, 0.3) is 0 Å². The number of nitrogens with zero attached hydrogens (tertiary/aromatic N) is 1. The lowest BCUT2D eigenvalue weighted by Gasteiger charge is -2.40. The SMILES string of the molecule is COc1ccc(Cl)cc1C(c1ccccc1)N1CCCCC1C(=O)O. The molecule has 2 unspecified atom stereocenters. The fourth-order valence-electron chi connectivity index (χ4n) is 3.63. The Hall–Kier alpha value is -2.04. The van der Waals surface area contributed by atoms with E-state index in [1.54, 1.807) is 13.2 Å². The molecule has 1 N–H and O–H groups in total. The van der Waals surface area contributed by atoms with Gasteiger partial charge in [0.1, 0.15) is 11.8 Å². The van der Waals surface area contributed by atoms with Crippen molar-refractivity contribution in [3.63, 3.8) is 0 Å². The zero-order valence-corrected chi connectivity index (χ0v) is 14.9. The first-order chi connectivity index (χ1) is 12.1. The van der Waals surface area contributed by atoms with Gasteiger partial charge in [0.25, 0.3) is 0 Å². The summed E-state index contributed by atoms with van der Waals surface area (Å²) in [4.78, 5) is 13.9. The molecular formula is C20H22ClNO3. The van der Waals surface area contributed by atoms with Crippen molar-refractivity contribution in [2.24, 2.45) is 0 Å². The van der Waals surface area contributed by atoms with E-state index in [1.807, 2.05) is 42.5 Å². The molecule has 2 aromatic rings. The second-order valence-electron chi connectivity index (χ2n) is 6.29. The van der Waals surface area contributed by atoms with Crippen LogP contribution >= 0.6 is 11.6 Å². The molecule has 0 radical (unpaired) electrons. The van der Waals surface area contributed by atoms with Gasteiger partial charge < -0.3 is 9.84 Å². The van der Waals surface area contributed by atoms with Gasteiger partial charge in [-0.15, -0.1) is 0 Å². The molecule has 0 bridgehead atoms. The van der Waals surface area contributed by atoms with Crippen molar-refractivity contribution in [2.45, 2.75) is 31.3 Å². The third kappa shape index (κ3) is 3.80. The molecule has 0 aromatic heterocycles. The highest BCUT2D eigenvalue weighted by molar-refractivity contribution is 6.30. The molecule has 3 rings (SSSR count). The third-order valence-corrected chi connectivity index (χ3v) is 5.00. The lowest BCUT2D eigenvalue weighted by atomic mass is 9.91. The molecule has 4 nitrogen and oxygen atoms in total. The van der Waals surface area contributed by atoms with Crippen molar-refractivity contribution in [3.05, 3.63) is 64.7 Å². The smallest absolute Gasteiger partial charge is 0.320 e. The fraction of sp³-hybridized carbons (Fsp3) is 0.350. The molecule has 1 saturated heterocycles. The minimum atomic E-state index is -0.776. The predicted octanol–water partition coefficient (Wildman–Crippen LogP) is 4.38. The van der Waals surface area contributed by atoms with Gasteiger partial charge in [0.05, 0.1) is 13.2 Å². The third-order valence-electron chi connectivity index (χ3n) is 4.76. The Bertz CT molecular complexity index is 735. The van der Waals surface area contributed by atoms with Crippen LogP contribution in [-0.2, 0) is 4.79 Å². The van der Waals surface area contributed by atoms with Crippen LogP contribution in [-0.4, -0.2) is 35.7 Å². The maximum Gasteiger partial charge on any atom is 0.320 e. The summed E-state index contributed by atoms with van der Waals surface area (Å²) in [5, 5.41) is 10.3. The summed E-state index contributed by atoms with van der Waals surface area (Å²) in [7, 11) is 1.62. The summed E-state index contributed by atoms with van der Waals surface area (Å²) in [5.41, 5.74) is 1.94. The summed E-state index contributed by atoms with van der Waals surface area (Å²) in [6, 6.07) is 14.7. The number of halogens is 1. The standard InChI is InChI=1S/C20H22ClNO3/c1-25-18-11-10-15(21)13-16(18)19(14-7-3-2-4-8-14)22-12-6-5-9-17(22)20(23)24/h2-4,7-8,10-11,13,17,19H,5-6,9,12H2,1H3,(H,23,24). The molecule has 1 aliphatic rings. The van der Waals surface area contributed by atoms with Crippen LogP contribution in [0.3, 0.4) is 0 Å². The van der Waals surface area contributed by atoms with E-state index in [2.05, 4.69) is 4.90 Å². The van der Waals surface area contributed by atoms with Crippen molar-refractivity contribution in [2.75, 3.05) is 13.7 Å². The van der Waals surface area contributed by atoms with Gasteiger partial charge >= 0.3 is 5.97 Å². The number of likely N-dealkylation sites (tertiary alicyclic amines) is 1. The van der Waals surface area contributed by atoms with Gasteiger partial charge in [0.15, 0.2) is 0 Å². The van der Waals surface area contributed by atoms with Crippen molar-refractivity contribution in [3.8, 4) is 5.75 Å². The van der Waals surface area contributed by atoms with E-state index < -0.39 is 12.0 Å². The second kappa shape index (κ2) is 7.89. The molecule has 1 heterocycles. The summed E-state index contributed by atoms with van der Waals surface area (Å²) in [6.45, 7) is 0.728. The molecule has 0 saturated carbocycles. The van der Waals surface area contributed by atoms with Gasteiger partial charge in [-0.25, -0.2) is 0 Å². The molecule has 2 atom stereocenters. The average Bonchev–Trinajstić information content (AvgIpc) is 2.63. The first-order valence-electron chi connectivity index (χ1n) is 8.48. The minimum Gasteiger partial charge on any atom is -0.496 e. The maximum absolute atomic E-state index is 11.9. The second-order valence-corrected chi connectivity index (χ2v) is 6.72. The molecule has 132 valence electrons. The number of ether oxygens (including phenoxy) is 1. The van der Waals surface area contributed by atoms with E-state index in [1.165, 1.54) is 0 Å². The van der Waals surface area contributed by atoms with E-state index >= 15 is 0 Å². The highest BCUT2D eigenvalue weighted by Gasteiger charge is 2.36. The van der Waals surface area contributed by atoms with E-state index in [0.29, 0.717) is 17.2 Å². The lowest BCUT2D eigenvalue weighted by molar-refractivity contribution is -0.145. The minimum absolute atomic E-state index is 0.212. The zero-order chi connectivity index (χ0) is 17.8. The highest BCUT2D eigenvalue weighted by atomic mass is 35.5. The Morgan fingerprint density at radius 3 is 2.68 bits per heavy atom. The maximum atomic E-state index is 11.9. The van der Waals surface area contributed by atoms with E-state index in [4.69, 9.17) is 16.3 Å². The zero-order valence-electron chi connectivity index (χ0n) is 14.2. The van der Waals surface area contributed by atoms with Crippen LogP contribution in [0.5, 0.6) is 5.75 Å². The molecule has 25 heavy (non-hydrogen) atoms. The quantitative estimate of drug-likeness (QED) is 0.860. The first kappa shape index (κ1) is 17.8. The van der Waals surface area contributed by atoms with Crippen molar-refractivity contribution in [1.82, 2.24) is 4.90 Å². The number of methoxy groups -OCH3 is 1. The van der Waals surface area contributed by atoms with Crippen LogP contribution in [0.4, 0.5) is 0 Å². The Morgan fingerprint density at radius 2 is 2.00 bits per heavy atom. The van der Waals surface area contributed by atoms with Gasteiger partial charge in [0.2, 0.25) is 0 Å². The Kier molecular flexibility index (Phi) is 5.61. The normalized spacial score (nSPS) is 19.4. The number of carboxylic acid groups (broad SMARTS) is 1. The largest absolute Gasteiger partial charge is 0.496 e. The van der Waals surface area contributed by atoms with Crippen molar-refractivity contribution in [1.29, 1.82) is 0 Å². The molecule has 1 aliphatic heterocycles. The van der Waals surface area contributed by atoms with E-state index in [-0.39, 0.29) is 6.04 Å². The van der Waals surface area contributed by atoms with Gasteiger partial charge in [-0.05, 0) is 43.1 Å². The van der Waals surface area contributed by atoms with Crippen LogP contribution in [0.15, 0.2) is 48.5 Å². The van der Waals surface area contributed by atoms with Gasteiger partial charge in [-0.1, -0.05) is 48.4 Å². The topological polar surface area (TPSA) is 49.8 Å². The summed E-state index contributed by atoms with van der Waals surface area (Å²) in [6.07, 6.45) is 2.57. The average molecular weight is 360 g/mol. The van der Waals surface area contributed by atoms with Gasteiger partial charge in [-0.3, -0.25) is 9.69 Å². The number of hydrogen-bond acceptors (Lipinski definition) is 3. The molecule has 0 spiro atoms. The lowest BCUT2D eigenvalue weighted by Crippen LogP contribution is -2.46. The molecule has 1 fully saturated rings. The van der Waals surface area contributed by atoms with Gasteiger partial charge in [0, 0.05) is 10.6 Å². The molecule has 5 heteroatoms. The highest BCUT2D eigenvalue weighted by Crippen LogP contribution is 2.39. The van der Waals surface area contributed by atoms with E-state index in [0.717, 1.165) is 30.5 Å². The summed E-state index contributed by atoms with van der Waals surface area (Å²) >= 11 is 6.25.